The molecule has 1 heterocycles. The summed E-state index contributed by atoms with van der Waals surface area (Å²) in [4.78, 5) is 2.35. The highest BCUT2D eigenvalue weighted by Crippen LogP contribution is 2.18. The van der Waals surface area contributed by atoms with Gasteiger partial charge in [0, 0.05) is 19.1 Å². The molecule has 2 unspecified atom stereocenters. The molecule has 1 fully saturated rings. The number of hydrogen-bond acceptors (Lipinski definition) is 4. The summed E-state index contributed by atoms with van der Waals surface area (Å²) in [6.07, 6.45) is 2.72. The maximum Gasteiger partial charge on any atom is 0.154 e. The van der Waals surface area contributed by atoms with Gasteiger partial charge in [0.2, 0.25) is 0 Å². The van der Waals surface area contributed by atoms with Gasteiger partial charge in [0.25, 0.3) is 0 Å². The third-order valence-corrected chi connectivity index (χ3v) is 6.11. The number of nitrogens with one attached hydrogen (secondary N) is 1. The molecule has 2 atom stereocenters. The van der Waals surface area contributed by atoms with Crippen LogP contribution in [0.4, 0.5) is 0 Å². The van der Waals surface area contributed by atoms with E-state index in [1.807, 2.05) is 0 Å². The van der Waals surface area contributed by atoms with Gasteiger partial charge in [0.05, 0.1) is 11.0 Å². The molecule has 1 saturated heterocycles. The summed E-state index contributed by atoms with van der Waals surface area (Å²) in [7, 11) is -2.83. The van der Waals surface area contributed by atoms with E-state index in [1.165, 1.54) is 0 Å². The van der Waals surface area contributed by atoms with Crippen molar-refractivity contribution in [3.8, 4) is 0 Å². The lowest BCUT2D eigenvalue weighted by molar-refractivity contribution is 0.271. The molecule has 1 aliphatic heterocycles. The molecule has 1 rings (SSSR count). The van der Waals surface area contributed by atoms with E-state index < -0.39 is 9.84 Å². The number of sulfone groups is 1. The van der Waals surface area contributed by atoms with Crippen LogP contribution in [0, 0.1) is 0 Å². The minimum atomic E-state index is -2.83. The highest BCUT2D eigenvalue weighted by atomic mass is 32.2. The second kappa shape index (κ2) is 7.46. The van der Waals surface area contributed by atoms with Gasteiger partial charge in [0.1, 0.15) is 0 Å². The molecule has 0 aromatic carbocycles. The van der Waals surface area contributed by atoms with E-state index in [-0.39, 0.29) is 5.25 Å². The molecule has 5 heteroatoms. The third kappa shape index (κ3) is 4.86. The monoisotopic (exact) mass is 276 g/mol. The van der Waals surface area contributed by atoms with Crippen molar-refractivity contribution < 1.29 is 8.42 Å². The summed E-state index contributed by atoms with van der Waals surface area (Å²) >= 11 is 0. The molecule has 0 saturated carbocycles. The van der Waals surface area contributed by atoms with E-state index in [1.54, 1.807) is 0 Å². The molecule has 0 amide bonds. The van der Waals surface area contributed by atoms with Gasteiger partial charge in [0.15, 0.2) is 9.84 Å². The minimum Gasteiger partial charge on any atom is -0.312 e. The molecule has 18 heavy (non-hydrogen) atoms. The van der Waals surface area contributed by atoms with E-state index in [0.717, 1.165) is 38.9 Å². The maximum absolute atomic E-state index is 11.9. The van der Waals surface area contributed by atoms with Crippen molar-refractivity contribution in [1.82, 2.24) is 10.2 Å². The largest absolute Gasteiger partial charge is 0.312 e. The lowest BCUT2D eigenvalue weighted by Gasteiger charge is -2.27. The van der Waals surface area contributed by atoms with Crippen LogP contribution in [-0.2, 0) is 9.84 Å². The van der Waals surface area contributed by atoms with E-state index in [4.69, 9.17) is 0 Å². The summed E-state index contributed by atoms with van der Waals surface area (Å²) < 4.78 is 23.8. The Hall–Kier alpha value is -0.130. The zero-order chi connectivity index (χ0) is 13.6. The minimum absolute atomic E-state index is 0.162. The van der Waals surface area contributed by atoms with Crippen LogP contribution < -0.4 is 5.32 Å². The number of nitrogens with zero attached hydrogens (tertiary/aromatic N) is 1. The fourth-order valence-electron chi connectivity index (χ4n) is 2.52. The molecule has 0 spiro atoms. The first-order chi connectivity index (χ1) is 8.49. The second-order valence-corrected chi connectivity index (χ2v) is 7.68. The van der Waals surface area contributed by atoms with Gasteiger partial charge in [-0.2, -0.15) is 0 Å². The van der Waals surface area contributed by atoms with Crippen LogP contribution in [0.2, 0.25) is 0 Å². The van der Waals surface area contributed by atoms with Gasteiger partial charge in [-0.1, -0.05) is 20.3 Å². The molecule has 0 aromatic heterocycles. The number of rotatable bonds is 7. The topological polar surface area (TPSA) is 49.4 Å². The summed E-state index contributed by atoms with van der Waals surface area (Å²) in [5.41, 5.74) is 0. The third-order valence-electron chi connectivity index (χ3n) is 3.83. The Morgan fingerprint density at radius 2 is 1.94 bits per heavy atom. The van der Waals surface area contributed by atoms with Crippen molar-refractivity contribution in [2.24, 2.45) is 0 Å². The van der Waals surface area contributed by atoms with E-state index in [0.29, 0.717) is 18.3 Å². The van der Waals surface area contributed by atoms with Crippen LogP contribution in [0.1, 0.15) is 40.0 Å². The molecular formula is C13H28N2O2S. The van der Waals surface area contributed by atoms with Crippen molar-refractivity contribution in [2.45, 2.75) is 51.3 Å². The van der Waals surface area contributed by atoms with E-state index in [9.17, 15) is 8.42 Å². The molecule has 108 valence electrons. The Morgan fingerprint density at radius 1 is 1.28 bits per heavy atom. The first-order valence-corrected chi connectivity index (χ1v) is 8.88. The predicted molar refractivity (Wildman–Crippen MR) is 76.7 cm³/mol. The van der Waals surface area contributed by atoms with Crippen LogP contribution in [0.15, 0.2) is 0 Å². The first kappa shape index (κ1) is 15.9. The second-order valence-electron chi connectivity index (χ2n) is 5.28. The van der Waals surface area contributed by atoms with Crippen LogP contribution >= 0.6 is 0 Å². The first-order valence-electron chi connectivity index (χ1n) is 7.16. The molecule has 0 aromatic rings. The molecule has 1 N–H and O–H groups in total. The average molecular weight is 276 g/mol. The quantitative estimate of drug-likeness (QED) is 0.761. The highest BCUT2D eigenvalue weighted by molar-refractivity contribution is 7.92. The van der Waals surface area contributed by atoms with Gasteiger partial charge in [-0.15, -0.1) is 0 Å². The molecule has 4 nitrogen and oxygen atoms in total. The maximum atomic E-state index is 11.9. The van der Waals surface area contributed by atoms with Crippen LogP contribution in [-0.4, -0.2) is 56.5 Å². The van der Waals surface area contributed by atoms with Crippen molar-refractivity contribution in [3.63, 3.8) is 0 Å². The Morgan fingerprint density at radius 3 is 2.50 bits per heavy atom. The summed E-state index contributed by atoms with van der Waals surface area (Å²) in [6.45, 7) is 10.1. The fourth-order valence-corrected chi connectivity index (χ4v) is 4.33. The summed E-state index contributed by atoms with van der Waals surface area (Å²) in [5.74, 6) is 0.379. The lowest BCUT2D eigenvalue weighted by Crippen LogP contribution is -2.44. The number of likely N-dealkylation sites (N-methyl/N-ethyl adjacent to an activating group) is 1. The van der Waals surface area contributed by atoms with Crippen molar-refractivity contribution in [3.05, 3.63) is 0 Å². The normalized spacial score (nSPS) is 25.2. The zero-order valence-electron chi connectivity index (χ0n) is 12.0. The average Bonchev–Trinajstić information content (AvgIpc) is 2.34. The Kier molecular flexibility index (Phi) is 6.60. The zero-order valence-corrected chi connectivity index (χ0v) is 12.8. The number of hydrogen-bond donors (Lipinski definition) is 1. The van der Waals surface area contributed by atoms with Gasteiger partial charge in [-0.3, -0.25) is 0 Å². The molecule has 0 bridgehead atoms. The lowest BCUT2D eigenvalue weighted by atomic mass is 10.2. The molecule has 1 aliphatic rings. The fraction of sp³-hybridized carbons (Fsp3) is 1.00. The van der Waals surface area contributed by atoms with E-state index >= 15 is 0 Å². The molecule has 0 radical (unpaired) electrons. The van der Waals surface area contributed by atoms with Crippen molar-refractivity contribution in [1.29, 1.82) is 0 Å². The van der Waals surface area contributed by atoms with Crippen LogP contribution in [0.5, 0.6) is 0 Å². The van der Waals surface area contributed by atoms with Gasteiger partial charge < -0.3 is 10.2 Å². The van der Waals surface area contributed by atoms with E-state index in [2.05, 4.69) is 31.0 Å². The smallest absolute Gasteiger partial charge is 0.154 e. The van der Waals surface area contributed by atoms with Gasteiger partial charge in [-0.05, 0) is 32.9 Å². The van der Waals surface area contributed by atoms with Crippen molar-refractivity contribution in [2.75, 3.05) is 31.9 Å². The SMILES string of the molecule is CCN(CC)CC(C)NCC1CCCCS1(=O)=O. The Labute approximate surface area is 112 Å². The van der Waals surface area contributed by atoms with Crippen molar-refractivity contribution >= 4 is 9.84 Å². The molecule has 0 aliphatic carbocycles. The van der Waals surface area contributed by atoms with Gasteiger partial charge >= 0.3 is 0 Å². The van der Waals surface area contributed by atoms with Gasteiger partial charge in [-0.25, -0.2) is 8.42 Å². The Balaban J connectivity index is 2.35. The predicted octanol–water partition coefficient (Wildman–Crippen LogP) is 1.27. The molecular weight excluding hydrogens is 248 g/mol. The standard InChI is InChI=1S/C13H28N2O2S/c1-4-15(5-2)11-12(3)14-10-13-8-6-7-9-18(13,16)17/h12-14H,4-11H2,1-3H3. The van der Waals surface area contributed by atoms with Crippen LogP contribution in [0.3, 0.4) is 0 Å². The van der Waals surface area contributed by atoms with Crippen LogP contribution in [0.25, 0.3) is 0 Å². The Bertz CT molecular complexity index is 326. The highest BCUT2D eigenvalue weighted by Gasteiger charge is 2.28. The summed E-state index contributed by atoms with van der Waals surface area (Å²) in [6, 6.07) is 0.349. The summed E-state index contributed by atoms with van der Waals surface area (Å²) in [5, 5.41) is 3.22.